The second-order valence-electron chi connectivity index (χ2n) is 5.51. The maximum atomic E-state index is 5.36. The van der Waals surface area contributed by atoms with E-state index >= 15 is 0 Å². The van der Waals surface area contributed by atoms with Crippen molar-refractivity contribution in [2.24, 2.45) is 0 Å². The average Bonchev–Trinajstić information content (AvgIpc) is 2.46. The first-order chi connectivity index (χ1) is 10.6. The van der Waals surface area contributed by atoms with Crippen molar-refractivity contribution in [3.8, 4) is 5.75 Å². The van der Waals surface area contributed by atoms with Crippen LogP contribution in [0, 0.1) is 6.92 Å². The van der Waals surface area contributed by atoms with Crippen LogP contribution < -0.4 is 15.4 Å². The standard InChI is InChI=1S/C17H24N4O/c1-12(2)19-16-11-13(3)20-17(21-16)18-10-9-14-7-5-6-8-15(14)22-4/h5-8,11-12H,9-10H2,1-4H3,(H2,18,19,20,21). The summed E-state index contributed by atoms with van der Waals surface area (Å²) in [6.45, 7) is 6.90. The summed E-state index contributed by atoms with van der Waals surface area (Å²) < 4.78 is 5.36. The van der Waals surface area contributed by atoms with Crippen LogP contribution in [0.1, 0.15) is 25.1 Å². The minimum atomic E-state index is 0.343. The number of anilines is 2. The molecule has 0 bridgehead atoms. The van der Waals surface area contributed by atoms with Crippen molar-refractivity contribution >= 4 is 11.8 Å². The van der Waals surface area contributed by atoms with Gasteiger partial charge in [-0.05, 0) is 38.8 Å². The van der Waals surface area contributed by atoms with Crippen LogP contribution in [0.3, 0.4) is 0 Å². The number of benzene rings is 1. The lowest BCUT2D eigenvalue weighted by molar-refractivity contribution is 0.410. The maximum absolute atomic E-state index is 5.36. The van der Waals surface area contributed by atoms with Gasteiger partial charge in [-0.2, -0.15) is 4.98 Å². The van der Waals surface area contributed by atoms with E-state index < -0.39 is 0 Å². The summed E-state index contributed by atoms with van der Waals surface area (Å²) in [5, 5.41) is 6.58. The Morgan fingerprint density at radius 3 is 2.68 bits per heavy atom. The first-order valence-corrected chi connectivity index (χ1v) is 7.56. The number of aromatic nitrogens is 2. The van der Waals surface area contributed by atoms with Gasteiger partial charge < -0.3 is 15.4 Å². The van der Waals surface area contributed by atoms with Crippen LogP contribution in [-0.4, -0.2) is 29.7 Å². The van der Waals surface area contributed by atoms with Crippen LogP contribution in [0.25, 0.3) is 0 Å². The molecule has 0 saturated heterocycles. The Bertz CT molecular complexity index is 613. The summed E-state index contributed by atoms with van der Waals surface area (Å²) in [5.74, 6) is 2.41. The number of nitrogens with one attached hydrogen (secondary N) is 2. The first kappa shape index (κ1) is 16.1. The van der Waals surface area contributed by atoms with Crippen LogP contribution in [0.4, 0.5) is 11.8 Å². The molecule has 1 aromatic carbocycles. The Morgan fingerprint density at radius 2 is 1.95 bits per heavy atom. The highest BCUT2D eigenvalue weighted by atomic mass is 16.5. The molecule has 0 saturated carbocycles. The summed E-state index contributed by atoms with van der Waals surface area (Å²) in [6.07, 6.45) is 0.855. The van der Waals surface area contributed by atoms with Crippen LogP contribution in [0.2, 0.25) is 0 Å². The van der Waals surface area contributed by atoms with Gasteiger partial charge in [0, 0.05) is 24.3 Å². The molecule has 2 aromatic rings. The van der Waals surface area contributed by atoms with Crippen molar-refractivity contribution < 1.29 is 4.74 Å². The minimum Gasteiger partial charge on any atom is -0.496 e. The third-order valence-electron chi connectivity index (χ3n) is 3.16. The third kappa shape index (κ3) is 4.62. The largest absolute Gasteiger partial charge is 0.496 e. The van der Waals surface area contributed by atoms with Crippen molar-refractivity contribution in [2.75, 3.05) is 24.3 Å². The molecule has 1 heterocycles. The van der Waals surface area contributed by atoms with Gasteiger partial charge in [-0.15, -0.1) is 0 Å². The van der Waals surface area contributed by atoms with E-state index in [1.165, 1.54) is 5.56 Å². The molecule has 0 aliphatic heterocycles. The molecule has 118 valence electrons. The molecule has 2 N–H and O–H groups in total. The van der Waals surface area contributed by atoms with E-state index in [1.54, 1.807) is 7.11 Å². The molecule has 0 unspecified atom stereocenters. The van der Waals surface area contributed by atoms with Crippen molar-refractivity contribution in [3.63, 3.8) is 0 Å². The molecule has 1 aromatic heterocycles. The fourth-order valence-electron chi connectivity index (χ4n) is 2.24. The lowest BCUT2D eigenvalue weighted by atomic mass is 10.1. The van der Waals surface area contributed by atoms with Gasteiger partial charge in [-0.3, -0.25) is 0 Å². The van der Waals surface area contributed by atoms with E-state index in [1.807, 2.05) is 31.2 Å². The van der Waals surface area contributed by atoms with Crippen LogP contribution in [0.5, 0.6) is 5.75 Å². The van der Waals surface area contributed by atoms with Crippen LogP contribution >= 0.6 is 0 Å². The quantitative estimate of drug-likeness (QED) is 0.822. The summed E-state index contributed by atoms with van der Waals surface area (Å²) >= 11 is 0. The molecule has 0 aliphatic carbocycles. The Morgan fingerprint density at radius 1 is 1.18 bits per heavy atom. The molecule has 0 fully saturated rings. The van der Waals surface area contributed by atoms with E-state index in [4.69, 9.17) is 4.74 Å². The number of methoxy groups -OCH3 is 1. The van der Waals surface area contributed by atoms with Crippen molar-refractivity contribution in [2.45, 2.75) is 33.2 Å². The zero-order valence-corrected chi connectivity index (χ0v) is 13.7. The van der Waals surface area contributed by atoms with E-state index in [0.29, 0.717) is 12.0 Å². The predicted molar refractivity (Wildman–Crippen MR) is 90.7 cm³/mol. The van der Waals surface area contributed by atoms with Gasteiger partial charge in [0.1, 0.15) is 11.6 Å². The molecule has 2 rings (SSSR count). The molecule has 0 amide bonds. The first-order valence-electron chi connectivity index (χ1n) is 7.56. The fraction of sp³-hybridized carbons (Fsp3) is 0.412. The average molecular weight is 300 g/mol. The van der Waals surface area contributed by atoms with Gasteiger partial charge in [0.05, 0.1) is 7.11 Å². The summed E-state index contributed by atoms with van der Waals surface area (Å²) in [5.41, 5.74) is 2.11. The van der Waals surface area contributed by atoms with Crippen molar-refractivity contribution in [3.05, 3.63) is 41.6 Å². The Kier molecular flexibility index (Phi) is 5.58. The number of ether oxygens (including phenoxy) is 1. The maximum Gasteiger partial charge on any atom is 0.224 e. The second-order valence-corrected chi connectivity index (χ2v) is 5.51. The molecule has 0 radical (unpaired) electrons. The number of para-hydroxylation sites is 1. The number of aryl methyl sites for hydroxylation is 1. The van der Waals surface area contributed by atoms with E-state index in [2.05, 4.69) is 40.5 Å². The Balaban J connectivity index is 1.98. The number of hydrogen-bond donors (Lipinski definition) is 2. The number of rotatable bonds is 7. The van der Waals surface area contributed by atoms with E-state index in [9.17, 15) is 0 Å². The SMILES string of the molecule is COc1ccccc1CCNc1nc(C)cc(NC(C)C)n1. The molecule has 0 spiro atoms. The van der Waals surface area contributed by atoms with Gasteiger partial charge in [0.2, 0.25) is 5.95 Å². The highest BCUT2D eigenvalue weighted by Crippen LogP contribution is 2.18. The molecule has 0 atom stereocenters. The summed E-state index contributed by atoms with van der Waals surface area (Å²) in [6, 6.07) is 10.3. The smallest absolute Gasteiger partial charge is 0.224 e. The highest BCUT2D eigenvalue weighted by Gasteiger charge is 2.05. The third-order valence-corrected chi connectivity index (χ3v) is 3.16. The minimum absolute atomic E-state index is 0.343. The van der Waals surface area contributed by atoms with Gasteiger partial charge in [-0.25, -0.2) is 4.98 Å². The van der Waals surface area contributed by atoms with Crippen LogP contribution in [-0.2, 0) is 6.42 Å². The van der Waals surface area contributed by atoms with E-state index in [-0.39, 0.29) is 0 Å². The molecular formula is C17H24N4O. The van der Waals surface area contributed by atoms with Gasteiger partial charge in [-0.1, -0.05) is 18.2 Å². The lowest BCUT2D eigenvalue weighted by Gasteiger charge is -2.12. The fourth-order valence-corrected chi connectivity index (χ4v) is 2.24. The zero-order valence-electron chi connectivity index (χ0n) is 13.7. The van der Waals surface area contributed by atoms with E-state index in [0.717, 1.165) is 30.2 Å². The second kappa shape index (κ2) is 7.64. The van der Waals surface area contributed by atoms with Gasteiger partial charge >= 0.3 is 0 Å². The normalized spacial score (nSPS) is 10.6. The van der Waals surface area contributed by atoms with Crippen LogP contribution in [0.15, 0.2) is 30.3 Å². The van der Waals surface area contributed by atoms with Gasteiger partial charge in [0.15, 0.2) is 0 Å². The molecule has 5 heteroatoms. The summed E-state index contributed by atoms with van der Waals surface area (Å²) in [7, 11) is 1.69. The monoisotopic (exact) mass is 300 g/mol. The topological polar surface area (TPSA) is 59.1 Å². The predicted octanol–water partition coefficient (Wildman–Crippen LogP) is 3.27. The Hall–Kier alpha value is -2.30. The lowest BCUT2D eigenvalue weighted by Crippen LogP contribution is -2.14. The molecule has 5 nitrogen and oxygen atoms in total. The highest BCUT2D eigenvalue weighted by molar-refractivity contribution is 5.43. The number of hydrogen-bond acceptors (Lipinski definition) is 5. The molecule has 22 heavy (non-hydrogen) atoms. The molecular weight excluding hydrogens is 276 g/mol. The number of nitrogens with zero attached hydrogens (tertiary/aromatic N) is 2. The van der Waals surface area contributed by atoms with Gasteiger partial charge in [0.25, 0.3) is 0 Å². The molecule has 0 aliphatic rings. The zero-order chi connectivity index (χ0) is 15.9. The van der Waals surface area contributed by atoms with Crippen molar-refractivity contribution in [1.29, 1.82) is 0 Å². The van der Waals surface area contributed by atoms with Crippen molar-refractivity contribution in [1.82, 2.24) is 9.97 Å². The Labute approximate surface area is 132 Å². The summed E-state index contributed by atoms with van der Waals surface area (Å²) in [4.78, 5) is 8.90.